The van der Waals surface area contributed by atoms with Crippen LogP contribution in [0.4, 0.5) is 17.2 Å². The number of hydrogen-bond acceptors (Lipinski definition) is 8. The summed E-state index contributed by atoms with van der Waals surface area (Å²) in [5.41, 5.74) is 1.59. The molecular weight excluding hydrogens is 424 g/mol. The van der Waals surface area contributed by atoms with E-state index < -0.39 is 5.91 Å². The average molecular weight is 448 g/mol. The van der Waals surface area contributed by atoms with Gasteiger partial charge in [-0.05, 0) is 31.4 Å². The highest BCUT2D eigenvalue weighted by Gasteiger charge is 2.56. The molecule has 0 bridgehead atoms. The van der Waals surface area contributed by atoms with Crippen molar-refractivity contribution >= 4 is 29.0 Å². The van der Waals surface area contributed by atoms with Gasteiger partial charge in [0.2, 0.25) is 5.91 Å². The van der Waals surface area contributed by atoms with Crippen molar-refractivity contribution in [2.75, 3.05) is 30.9 Å². The molecule has 170 valence electrons. The van der Waals surface area contributed by atoms with E-state index in [2.05, 4.69) is 30.9 Å². The van der Waals surface area contributed by atoms with Gasteiger partial charge in [-0.2, -0.15) is 5.10 Å². The van der Waals surface area contributed by atoms with Crippen LogP contribution in [-0.4, -0.2) is 57.5 Å². The molecule has 0 atom stereocenters. The van der Waals surface area contributed by atoms with Crippen molar-refractivity contribution in [2.24, 2.45) is 12.5 Å². The van der Waals surface area contributed by atoms with Crippen LogP contribution in [0.5, 0.6) is 5.75 Å². The van der Waals surface area contributed by atoms with Crippen LogP contribution in [0.25, 0.3) is 11.4 Å². The predicted molar refractivity (Wildman–Crippen MR) is 120 cm³/mol. The molecule has 2 N–H and O–H groups in total. The zero-order chi connectivity index (χ0) is 23.2. The van der Waals surface area contributed by atoms with Crippen LogP contribution in [0, 0.1) is 5.41 Å². The average Bonchev–Trinajstić information content (AvgIpc) is 3.38. The summed E-state index contributed by atoms with van der Waals surface area (Å²) >= 11 is 0. The second-order valence-electron chi connectivity index (χ2n) is 8.28. The number of rotatable bonds is 6. The third kappa shape index (κ3) is 3.55. The molecule has 3 aromatic rings. The Labute approximate surface area is 190 Å². The van der Waals surface area contributed by atoms with Crippen molar-refractivity contribution in [3.05, 3.63) is 36.3 Å². The quantitative estimate of drug-likeness (QED) is 0.585. The maximum atomic E-state index is 12.9. The van der Waals surface area contributed by atoms with Crippen molar-refractivity contribution in [1.82, 2.24) is 30.3 Å². The SMILES string of the molecule is CNC(=O)c1nnc(N2CCC3(CC3)C2=O)cc1Nc1cccc(-c2ncn(C)n2)c1OC. The molecule has 0 radical (unpaired) electrons. The summed E-state index contributed by atoms with van der Waals surface area (Å²) in [5.74, 6) is 1.12. The van der Waals surface area contributed by atoms with E-state index in [4.69, 9.17) is 4.74 Å². The van der Waals surface area contributed by atoms with Crippen LogP contribution < -0.4 is 20.3 Å². The van der Waals surface area contributed by atoms with Gasteiger partial charge in [-0.15, -0.1) is 10.2 Å². The van der Waals surface area contributed by atoms with Crippen LogP contribution in [0.3, 0.4) is 0 Å². The number of nitrogens with one attached hydrogen (secondary N) is 2. The third-order valence-electron chi connectivity index (χ3n) is 6.20. The number of carbonyl (C=O) groups excluding carboxylic acids is 2. The van der Waals surface area contributed by atoms with Gasteiger partial charge in [0.15, 0.2) is 23.1 Å². The first kappa shape index (κ1) is 20.9. The molecule has 11 heteroatoms. The number of aromatic nitrogens is 5. The third-order valence-corrected chi connectivity index (χ3v) is 6.20. The Balaban J connectivity index is 1.54. The molecule has 2 aromatic heterocycles. The highest BCUT2D eigenvalue weighted by molar-refractivity contribution is 6.03. The standard InChI is InChI=1S/C22H24N8O3/c1-23-20(31)17-15(11-16(26-27-17)30-10-9-22(7-8-22)21(30)32)25-14-6-4-5-13(18(14)33-3)19-24-12-29(2)28-19/h4-6,11-12H,7-10H2,1-3H3,(H,23,31)(H,25,26). The molecule has 5 rings (SSSR count). The number of nitrogens with zero attached hydrogens (tertiary/aromatic N) is 6. The lowest BCUT2D eigenvalue weighted by atomic mass is 10.1. The van der Waals surface area contributed by atoms with E-state index in [-0.39, 0.29) is 17.0 Å². The first-order valence-electron chi connectivity index (χ1n) is 10.7. The molecule has 1 saturated heterocycles. The summed E-state index contributed by atoms with van der Waals surface area (Å²) < 4.78 is 7.28. The number of methoxy groups -OCH3 is 1. The molecular formula is C22H24N8O3. The normalized spacial score (nSPS) is 16.2. The minimum Gasteiger partial charge on any atom is -0.494 e. The molecule has 3 heterocycles. The smallest absolute Gasteiger partial charge is 0.273 e. The Morgan fingerprint density at radius 2 is 2.00 bits per heavy atom. The molecule has 1 aromatic carbocycles. The molecule has 1 aliphatic carbocycles. The van der Waals surface area contributed by atoms with Crippen molar-refractivity contribution in [3.63, 3.8) is 0 Å². The van der Waals surface area contributed by atoms with Gasteiger partial charge in [-0.3, -0.25) is 19.2 Å². The van der Waals surface area contributed by atoms with Crippen LogP contribution in [0.15, 0.2) is 30.6 Å². The fourth-order valence-electron chi connectivity index (χ4n) is 4.19. The van der Waals surface area contributed by atoms with Crippen molar-refractivity contribution in [1.29, 1.82) is 0 Å². The number of aryl methyl sites for hydroxylation is 1. The lowest BCUT2D eigenvalue weighted by molar-refractivity contribution is -0.121. The van der Waals surface area contributed by atoms with Gasteiger partial charge >= 0.3 is 0 Å². The fraction of sp³-hybridized carbons (Fsp3) is 0.364. The molecule has 1 aliphatic heterocycles. The summed E-state index contributed by atoms with van der Waals surface area (Å²) in [6, 6.07) is 7.20. The van der Waals surface area contributed by atoms with Crippen molar-refractivity contribution < 1.29 is 14.3 Å². The monoisotopic (exact) mass is 448 g/mol. The van der Waals surface area contributed by atoms with Gasteiger partial charge < -0.3 is 15.4 Å². The van der Waals surface area contributed by atoms with E-state index in [1.165, 1.54) is 7.05 Å². The summed E-state index contributed by atoms with van der Waals surface area (Å²) in [4.78, 5) is 31.3. The van der Waals surface area contributed by atoms with Gasteiger partial charge in [0.05, 0.1) is 29.5 Å². The zero-order valence-electron chi connectivity index (χ0n) is 18.6. The van der Waals surface area contributed by atoms with E-state index in [1.807, 2.05) is 18.2 Å². The van der Waals surface area contributed by atoms with Gasteiger partial charge in [-0.1, -0.05) is 6.07 Å². The maximum absolute atomic E-state index is 12.9. The maximum Gasteiger partial charge on any atom is 0.273 e. The lowest BCUT2D eigenvalue weighted by Crippen LogP contribution is -2.29. The van der Waals surface area contributed by atoms with E-state index in [1.54, 1.807) is 36.1 Å². The lowest BCUT2D eigenvalue weighted by Gasteiger charge is -2.19. The summed E-state index contributed by atoms with van der Waals surface area (Å²) in [7, 11) is 4.87. The number of ether oxygens (including phenoxy) is 1. The molecule has 2 fully saturated rings. The topological polar surface area (TPSA) is 127 Å². The van der Waals surface area contributed by atoms with Crippen molar-refractivity contribution in [2.45, 2.75) is 19.3 Å². The fourth-order valence-corrected chi connectivity index (χ4v) is 4.19. The highest BCUT2D eigenvalue weighted by Crippen LogP contribution is 2.54. The Morgan fingerprint density at radius 3 is 2.64 bits per heavy atom. The number of anilines is 3. The van der Waals surface area contributed by atoms with E-state index in [9.17, 15) is 9.59 Å². The molecule has 33 heavy (non-hydrogen) atoms. The molecule has 1 saturated carbocycles. The van der Waals surface area contributed by atoms with Gasteiger partial charge in [0, 0.05) is 26.7 Å². The zero-order valence-corrected chi connectivity index (χ0v) is 18.6. The number of hydrogen-bond donors (Lipinski definition) is 2. The van der Waals surface area contributed by atoms with E-state index >= 15 is 0 Å². The summed E-state index contributed by atoms with van der Waals surface area (Å²) in [6.45, 7) is 0.594. The van der Waals surface area contributed by atoms with Crippen LogP contribution in [0.1, 0.15) is 29.8 Å². The van der Waals surface area contributed by atoms with Crippen LogP contribution in [0.2, 0.25) is 0 Å². The Morgan fingerprint density at radius 1 is 1.18 bits per heavy atom. The van der Waals surface area contributed by atoms with Gasteiger partial charge in [0.25, 0.3) is 5.91 Å². The number of carbonyl (C=O) groups is 2. The molecule has 11 nitrogen and oxygen atoms in total. The Kier molecular flexibility index (Phi) is 4.95. The molecule has 2 aliphatic rings. The predicted octanol–water partition coefficient (Wildman–Crippen LogP) is 1.90. The molecule has 2 amide bonds. The van der Waals surface area contributed by atoms with Gasteiger partial charge in [-0.25, -0.2) is 4.98 Å². The molecule has 0 unspecified atom stereocenters. The number of para-hydroxylation sites is 1. The summed E-state index contributed by atoms with van der Waals surface area (Å²) in [6.07, 6.45) is 4.27. The second kappa shape index (κ2) is 7.84. The van der Waals surface area contributed by atoms with Crippen LogP contribution >= 0.6 is 0 Å². The highest BCUT2D eigenvalue weighted by atomic mass is 16.5. The largest absolute Gasteiger partial charge is 0.494 e. The summed E-state index contributed by atoms with van der Waals surface area (Å²) in [5, 5.41) is 18.5. The molecule has 1 spiro atoms. The van der Waals surface area contributed by atoms with Crippen LogP contribution in [-0.2, 0) is 11.8 Å². The number of amides is 2. The Bertz CT molecular complexity index is 1250. The first-order valence-corrected chi connectivity index (χ1v) is 10.7. The number of benzene rings is 1. The minimum atomic E-state index is -0.399. The first-order chi connectivity index (χ1) is 16.0. The van der Waals surface area contributed by atoms with E-state index in [0.29, 0.717) is 40.9 Å². The Hall–Kier alpha value is -4.02. The van der Waals surface area contributed by atoms with E-state index in [0.717, 1.165) is 19.3 Å². The second-order valence-corrected chi connectivity index (χ2v) is 8.28. The van der Waals surface area contributed by atoms with Gasteiger partial charge in [0.1, 0.15) is 6.33 Å². The van der Waals surface area contributed by atoms with Crippen molar-refractivity contribution in [3.8, 4) is 17.1 Å². The minimum absolute atomic E-state index is 0.0799.